The van der Waals surface area contributed by atoms with Crippen LogP contribution in [-0.2, 0) is 20.9 Å². The SMILES string of the molecule is O=C(C[C@@H]1CCN2C[C@@H]1C=CCOc1ccccc1CN(C1CCC1)CC2=O)N1CCOCC1. The van der Waals surface area contributed by atoms with Crippen molar-refractivity contribution < 1.29 is 19.1 Å². The third-order valence-corrected chi connectivity index (χ3v) is 7.95. The Morgan fingerprint density at radius 1 is 1.03 bits per heavy atom. The first kappa shape index (κ1) is 23.4. The van der Waals surface area contributed by atoms with Gasteiger partial charge in [-0.2, -0.15) is 0 Å². The molecule has 2 atom stereocenters. The average Bonchev–Trinajstić information content (AvgIpc) is 2.83. The Bertz CT molecular complexity index is 894. The predicted octanol–water partition coefficient (Wildman–Crippen LogP) is 2.70. The lowest BCUT2D eigenvalue weighted by Gasteiger charge is -2.41. The van der Waals surface area contributed by atoms with Gasteiger partial charge in [-0.3, -0.25) is 14.5 Å². The van der Waals surface area contributed by atoms with Crippen LogP contribution in [0.2, 0.25) is 0 Å². The highest BCUT2D eigenvalue weighted by atomic mass is 16.5. The first-order valence-corrected chi connectivity index (χ1v) is 12.9. The Kier molecular flexibility index (Phi) is 7.50. The molecule has 1 aliphatic carbocycles. The Labute approximate surface area is 202 Å². The molecule has 0 N–H and O–H groups in total. The van der Waals surface area contributed by atoms with Gasteiger partial charge in [0.25, 0.3) is 0 Å². The van der Waals surface area contributed by atoms with Crippen LogP contribution in [0.25, 0.3) is 0 Å². The number of morpholine rings is 1. The van der Waals surface area contributed by atoms with Crippen LogP contribution in [0.5, 0.6) is 5.75 Å². The standard InChI is InChI=1S/C27H37N3O4/c31-26(28-12-15-33-16-13-28)17-21-10-11-29-18-22(21)6-4-14-34-25-9-2-1-5-23(25)19-30(20-27(29)32)24-7-3-8-24/h1-2,4-6,9,21-22,24H,3,7-8,10-20H2/t21-,22-/m0/s1. The number of para-hydroxylation sites is 1. The number of hydrogen-bond donors (Lipinski definition) is 0. The zero-order chi connectivity index (χ0) is 23.3. The third-order valence-electron chi connectivity index (χ3n) is 7.95. The molecule has 7 nitrogen and oxygen atoms in total. The van der Waals surface area contributed by atoms with Gasteiger partial charge in [0, 0.05) is 50.7 Å². The first-order chi connectivity index (χ1) is 16.7. The molecule has 7 heteroatoms. The molecule has 2 saturated heterocycles. The van der Waals surface area contributed by atoms with E-state index >= 15 is 0 Å². The van der Waals surface area contributed by atoms with Crippen LogP contribution in [-0.4, -0.2) is 85.1 Å². The molecule has 3 heterocycles. The van der Waals surface area contributed by atoms with Gasteiger partial charge >= 0.3 is 0 Å². The molecule has 3 fully saturated rings. The van der Waals surface area contributed by atoms with E-state index in [2.05, 4.69) is 23.1 Å². The van der Waals surface area contributed by atoms with Crippen LogP contribution in [0.1, 0.15) is 37.7 Å². The van der Waals surface area contributed by atoms with Crippen molar-refractivity contribution in [2.24, 2.45) is 11.8 Å². The van der Waals surface area contributed by atoms with Crippen LogP contribution in [0, 0.1) is 11.8 Å². The van der Waals surface area contributed by atoms with E-state index in [1.807, 2.05) is 28.0 Å². The lowest BCUT2D eigenvalue weighted by atomic mass is 9.82. The van der Waals surface area contributed by atoms with Crippen molar-refractivity contribution in [2.75, 3.05) is 52.5 Å². The van der Waals surface area contributed by atoms with E-state index in [-0.39, 0.29) is 23.7 Å². The molecular weight excluding hydrogens is 430 g/mol. The summed E-state index contributed by atoms with van der Waals surface area (Å²) < 4.78 is 11.6. The van der Waals surface area contributed by atoms with Gasteiger partial charge in [-0.15, -0.1) is 0 Å². The van der Waals surface area contributed by atoms with Crippen LogP contribution >= 0.6 is 0 Å². The Morgan fingerprint density at radius 3 is 2.65 bits per heavy atom. The van der Waals surface area contributed by atoms with E-state index in [1.165, 1.54) is 6.42 Å². The summed E-state index contributed by atoms with van der Waals surface area (Å²) in [5, 5.41) is 0. The molecule has 184 valence electrons. The maximum absolute atomic E-state index is 13.4. The number of benzene rings is 1. The molecule has 1 aromatic carbocycles. The van der Waals surface area contributed by atoms with Gasteiger partial charge in [0.15, 0.2) is 0 Å². The largest absolute Gasteiger partial charge is 0.489 e. The lowest BCUT2D eigenvalue weighted by Crippen LogP contribution is -2.50. The molecule has 1 aromatic rings. The maximum atomic E-state index is 13.4. The number of carbonyl (C=O) groups excluding carboxylic acids is 2. The van der Waals surface area contributed by atoms with Crippen molar-refractivity contribution in [3.63, 3.8) is 0 Å². The molecule has 1 saturated carbocycles. The summed E-state index contributed by atoms with van der Waals surface area (Å²) in [5.74, 6) is 1.73. The van der Waals surface area contributed by atoms with Gasteiger partial charge < -0.3 is 19.3 Å². The second-order valence-corrected chi connectivity index (χ2v) is 10.1. The quantitative estimate of drug-likeness (QED) is 0.640. The zero-order valence-corrected chi connectivity index (χ0v) is 20.1. The summed E-state index contributed by atoms with van der Waals surface area (Å²) >= 11 is 0. The lowest BCUT2D eigenvalue weighted by molar-refractivity contribution is -0.138. The summed E-state index contributed by atoms with van der Waals surface area (Å²) in [7, 11) is 0. The monoisotopic (exact) mass is 467 g/mol. The van der Waals surface area contributed by atoms with Crippen molar-refractivity contribution in [1.82, 2.24) is 14.7 Å². The number of rotatable bonds is 3. The Balaban J connectivity index is 1.33. The molecule has 0 aromatic heterocycles. The minimum Gasteiger partial charge on any atom is -0.489 e. The number of carbonyl (C=O) groups is 2. The predicted molar refractivity (Wildman–Crippen MR) is 129 cm³/mol. The molecule has 0 radical (unpaired) electrons. The Morgan fingerprint density at radius 2 is 1.85 bits per heavy atom. The first-order valence-electron chi connectivity index (χ1n) is 12.9. The van der Waals surface area contributed by atoms with Crippen molar-refractivity contribution in [1.29, 1.82) is 0 Å². The van der Waals surface area contributed by atoms with Gasteiger partial charge in [0.05, 0.1) is 19.8 Å². The van der Waals surface area contributed by atoms with Crippen LogP contribution < -0.4 is 4.74 Å². The van der Waals surface area contributed by atoms with Gasteiger partial charge in [0.1, 0.15) is 12.4 Å². The molecule has 4 aliphatic rings. The minimum atomic E-state index is 0.166. The highest BCUT2D eigenvalue weighted by molar-refractivity contribution is 5.79. The summed E-state index contributed by atoms with van der Waals surface area (Å²) in [6.07, 6.45) is 9.21. The van der Waals surface area contributed by atoms with E-state index < -0.39 is 0 Å². The molecule has 0 spiro atoms. The van der Waals surface area contributed by atoms with E-state index in [9.17, 15) is 9.59 Å². The number of amides is 2. The van der Waals surface area contributed by atoms with E-state index in [4.69, 9.17) is 9.47 Å². The minimum absolute atomic E-state index is 0.166. The fraction of sp³-hybridized carbons (Fsp3) is 0.630. The number of nitrogens with zero attached hydrogens (tertiary/aromatic N) is 3. The molecule has 5 rings (SSSR count). The number of hydrogen-bond acceptors (Lipinski definition) is 5. The van der Waals surface area contributed by atoms with Crippen LogP contribution in [0.15, 0.2) is 36.4 Å². The van der Waals surface area contributed by atoms with Crippen LogP contribution in [0.3, 0.4) is 0 Å². The number of piperidine rings is 1. The fourth-order valence-corrected chi connectivity index (χ4v) is 5.60. The topological polar surface area (TPSA) is 62.3 Å². The molecular formula is C27H37N3O4. The second kappa shape index (κ2) is 10.9. The van der Waals surface area contributed by atoms with Gasteiger partial charge in [-0.05, 0) is 37.2 Å². The summed E-state index contributed by atoms with van der Waals surface area (Å²) in [4.78, 5) is 32.7. The Hall–Kier alpha value is -2.38. The van der Waals surface area contributed by atoms with Crippen molar-refractivity contribution in [3.8, 4) is 5.75 Å². The number of ether oxygens (including phenoxy) is 2. The van der Waals surface area contributed by atoms with E-state index in [1.54, 1.807) is 0 Å². The smallest absolute Gasteiger partial charge is 0.236 e. The van der Waals surface area contributed by atoms with Crippen LogP contribution in [0.4, 0.5) is 0 Å². The van der Waals surface area contributed by atoms with Crippen molar-refractivity contribution >= 4 is 11.8 Å². The molecule has 3 aliphatic heterocycles. The zero-order valence-electron chi connectivity index (χ0n) is 20.1. The molecule has 34 heavy (non-hydrogen) atoms. The van der Waals surface area contributed by atoms with Gasteiger partial charge in [-0.25, -0.2) is 0 Å². The maximum Gasteiger partial charge on any atom is 0.236 e. The van der Waals surface area contributed by atoms with Gasteiger partial charge in [0.2, 0.25) is 11.8 Å². The average molecular weight is 468 g/mol. The summed E-state index contributed by atoms with van der Waals surface area (Å²) in [5.41, 5.74) is 1.14. The molecule has 0 unspecified atom stereocenters. The van der Waals surface area contributed by atoms with Gasteiger partial charge in [-0.1, -0.05) is 36.8 Å². The second-order valence-electron chi connectivity index (χ2n) is 10.1. The van der Waals surface area contributed by atoms with E-state index in [0.717, 1.165) is 43.7 Å². The highest BCUT2D eigenvalue weighted by Gasteiger charge is 2.35. The van der Waals surface area contributed by atoms with Crippen molar-refractivity contribution in [3.05, 3.63) is 42.0 Å². The summed E-state index contributed by atoms with van der Waals surface area (Å²) in [6, 6.07) is 8.66. The fourth-order valence-electron chi connectivity index (χ4n) is 5.60. The number of fused-ring (bicyclic) bond motifs is 3. The van der Waals surface area contributed by atoms with E-state index in [0.29, 0.717) is 58.5 Å². The normalized spacial score (nSPS) is 27.0. The third kappa shape index (κ3) is 5.47. The molecule has 2 bridgehead atoms. The summed E-state index contributed by atoms with van der Waals surface area (Å²) in [6.45, 7) is 5.71. The molecule has 2 amide bonds. The highest BCUT2D eigenvalue weighted by Crippen LogP contribution is 2.32. The van der Waals surface area contributed by atoms with Crippen molar-refractivity contribution in [2.45, 2.75) is 44.7 Å².